The van der Waals surface area contributed by atoms with E-state index in [-0.39, 0.29) is 27.3 Å². The highest BCUT2D eigenvalue weighted by atomic mass is 35.5. The Kier molecular flexibility index (Phi) is 4.06. The number of halogens is 4. The van der Waals surface area contributed by atoms with Crippen molar-refractivity contribution in [3.05, 3.63) is 69.0 Å². The molecule has 20 heavy (non-hydrogen) atoms. The van der Waals surface area contributed by atoms with Gasteiger partial charge in [0, 0.05) is 22.2 Å². The van der Waals surface area contributed by atoms with Gasteiger partial charge in [-0.15, -0.1) is 0 Å². The number of hydrogen-bond donors (Lipinski definition) is 1. The molecule has 2 rings (SSSR count). The lowest BCUT2D eigenvalue weighted by molar-refractivity contribution is 0.214. The van der Waals surface area contributed by atoms with E-state index in [1.165, 1.54) is 26.0 Å². The Bertz CT molecular complexity index is 613. The molecular weight excluding hydrogens is 289 g/mol. The second-order valence-electron chi connectivity index (χ2n) is 4.65. The van der Waals surface area contributed by atoms with Crippen LogP contribution >= 0.6 is 11.6 Å². The smallest absolute Gasteiger partial charge is 0.132 e. The second-order valence-corrected chi connectivity index (χ2v) is 5.06. The van der Waals surface area contributed by atoms with E-state index in [1.54, 1.807) is 0 Å². The fourth-order valence-corrected chi connectivity index (χ4v) is 2.20. The highest BCUT2D eigenvalue weighted by molar-refractivity contribution is 6.31. The van der Waals surface area contributed by atoms with Crippen molar-refractivity contribution in [3.8, 4) is 0 Å². The monoisotopic (exact) mass is 300 g/mol. The number of hydrogen-bond acceptors (Lipinski definition) is 1. The Morgan fingerprint density at radius 1 is 0.850 bits per heavy atom. The summed E-state index contributed by atoms with van der Waals surface area (Å²) in [4.78, 5) is 0. The number of benzene rings is 2. The molecule has 5 heteroatoms. The van der Waals surface area contributed by atoms with Crippen molar-refractivity contribution < 1.29 is 18.3 Å². The summed E-state index contributed by atoms with van der Waals surface area (Å²) in [6, 6.07) is 4.33. The molecule has 0 bridgehead atoms. The minimum absolute atomic E-state index is 0.0121. The molecule has 0 aromatic heterocycles. The molecule has 1 atom stereocenters. The third-order valence-electron chi connectivity index (χ3n) is 3.15. The van der Waals surface area contributed by atoms with E-state index in [4.69, 9.17) is 11.6 Å². The first kappa shape index (κ1) is 14.9. The first-order chi connectivity index (χ1) is 9.31. The van der Waals surface area contributed by atoms with E-state index in [9.17, 15) is 18.3 Å². The lowest BCUT2D eigenvalue weighted by atomic mass is 9.97. The van der Waals surface area contributed by atoms with Crippen LogP contribution in [-0.4, -0.2) is 5.11 Å². The van der Waals surface area contributed by atoms with Crippen LogP contribution in [0.25, 0.3) is 0 Å². The van der Waals surface area contributed by atoms with Crippen LogP contribution in [0.1, 0.15) is 28.4 Å². The lowest BCUT2D eigenvalue weighted by Crippen LogP contribution is -2.06. The van der Waals surface area contributed by atoms with Crippen LogP contribution < -0.4 is 0 Å². The van der Waals surface area contributed by atoms with E-state index in [0.717, 1.165) is 6.07 Å². The van der Waals surface area contributed by atoms with Gasteiger partial charge < -0.3 is 5.11 Å². The van der Waals surface area contributed by atoms with Crippen molar-refractivity contribution in [3.63, 3.8) is 0 Å². The summed E-state index contributed by atoms with van der Waals surface area (Å²) in [7, 11) is 0. The molecule has 1 unspecified atom stereocenters. The number of aliphatic hydroxyl groups excluding tert-OH is 1. The molecule has 0 aliphatic rings. The maximum atomic E-state index is 13.8. The van der Waals surface area contributed by atoms with Crippen molar-refractivity contribution in [2.45, 2.75) is 20.0 Å². The third-order valence-corrected chi connectivity index (χ3v) is 3.47. The van der Waals surface area contributed by atoms with Crippen molar-refractivity contribution in [2.24, 2.45) is 0 Å². The van der Waals surface area contributed by atoms with Crippen LogP contribution in [0.15, 0.2) is 24.3 Å². The van der Waals surface area contributed by atoms with Crippen molar-refractivity contribution >= 4 is 11.6 Å². The van der Waals surface area contributed by atoms with Crippen LogP contribution in [0.2, 0.25) is 5.02 Å². The summed E-state index contributed by atoms with van der Waals surface area (Å²) >= 11 is 5.87. The molecule has 0 aliphatic heterocycles. The molecule has 0 radical (unpaired) electrons. The Hall–Kier alpha value is -1.52. The average molecular weight is 301 g/mol. The van der Waals surface area contributed by atoms with Gasteiger partial charge in [-0.3, -0.25) is 0 Å². The molecular formula is C15H12ClF3O. The van der Waals surface area contributed by atoms with Gasteiger partial charge in [-0.05, 0) is 43.2 Å². The first-order valence-corrected chi connectivity index (χ1v) is 6.28. The molecule has 0 heterocycles. The van der Waals surface area contributed by atoms with Crippen LogP contribution in [0, 0.1) is 31.3 Å². The van der Waals surface area contributed by atoms with E-state index in [0.29, 0.717) is 6.07 Å². The molecule has 0 spiro atoms. The normalized spacial score (nSPS) is 12.6. The van der Waals surface area contributed by atoms with Crippen LogP contribution in [0.3, 0.4) is 0 Å². The summed E-state index contributed by atoms with van der Waals surface area (Å²) < 4.78 is 40.3. The summed E-state index contributed by atoms with van der Waals surface area (Å²) in [5, 5.41) is 10.2. The summed E-state index contributed by atoms with van der Waals surface area (Å²) in [5.41, 5.74) is 0.561. The maximum Gasteiger partial charge on any atom is 0.132 e. The molecule has 0 fully saturated rings. The molecule has 0 saturated carbocycles. The van der Waals surface area contributed by atoms with Crippen molar-refractivity contribution in [2.75, 3.05) is 0 Å². The predicted octanol–water partition coefficient (Wildman–Crippen LogP) is 4.46. The van der Waals surface area contributed by atoms with E-state index >= 15 is 0 Å². The highest BCUT2D eigenvalue weighted by Gasteiger charge is 2.20. The Morgan fingerprint density at radius 3 is 1.95 bits per heavy atom. The first-order valence-electron chi connectivity index (χ1n) is 5.90. The molecule has 1 N–H and O–H groups in total. The number of aryl methyl sites for hydroxylation is 2. The van der Waals surface area contributed by atoms with Gasteiger partial charge in [0.15, 0.2) is 0 Å². The van der Waals surface area contributed by atoms with Gasteiger partial charge >= 0.3 is 0 Å². The van der Waals surface area contributed by atoms with Gasteiger partial charge in [0.1, 0.15) is 23.6 Å². The van der Waals surface area contributed by atoms with E-state index in [2.05, 4.69) is 0 Å². The molecule has 106 valence electrons. The second kappa shape index (κ2) is 5.46. The number of aliphatic hydroxyl groups is 1. The maximum absolute atomic E-state index is 13.8. The summed E-state index contributed by atoms with van der Waals surface area (Å²) in [5.74, 6) is -2.08. The van der Waals surface area contributed by atoms with Crippen molar-refractivity contribution in [1.82, 2.24) is 0 Å². The fourth-order valence-electron chi connectivity index (χ4n) is 1.95. The Balaban J connectivity index is 2.54. The molecule has 2 aromatic rings. The van der Waals surface area contributed by atoms with Crippen LogP contribution in [0.4, 0.5) is 13.2 Å². The van der Waals surface area contributed by atoms with Gasteiger partial charge in [-0.25, -0.2) is 13.2 Å². The molecule has 0 amide bonds. The SMILES string of the molecule is Cc1cc(C(O)c2cc(C)c(F)cc2Cl)c(F)cc1F. The topological polar surface area (TPSA) is 20.2 Å². The number of rotatable bonds is 2. The van der Waals surface area contributed by atoms with Gasteiger partial charge in [-0.1, -0.05) is 11.6 Å². The van der Waals surface area contributed by atoms with Gasteiger partial charge in [0.2, 0.25) is 0 Å². The molecule has 2 aromatic carbocycles. The molecule has 1 nitrogen and oxygen atoms in total. The highest BCUT2D eigenvalue weighted by Crippen LogP contribution is 2.32. The van der Waals surface area contributed by atoms with Gasteiger partial charge in [0.05, 0.1) is 0 Å². The summed E-state index contributed by atoms with van der Waals surface area (Å²) in [6.45, 7) is 2.97. The largest absolute Gasteiger partial charge is 0.383 e. The van der Waals surface area contributed by atoms with Crippen LogP contribution in [-0.2, 0) is 0 Å². The molecule has 0 saturated heterocycles. The zero-order valence-corrected chi connectivity index (χ0v) is 11.6. The average Bonchev–Trinajstić information content (AvgIpc) is 2.37. The fraction of sp³-hybridized carbons (Fsp3) is 0.200. The van der Waals surface area contributed by atoms with Crippen LogP contribution in [0.5, 0.6) is 0 Å². The van der Waals surface area contributed by atoms with Gasteiger partial charge in [-0.2, -0.15) is 0 Å². The zero-order valence-electron chi connectivity index (χ0n) is 10.8. The quantitative estimate of drug-likeness (QED) is 0.868. The zero-order chi connectivity index (χ0) is 15.0. The predicted molar refractivity (Wildman–Crippen MR) is 71.3 cm³/mol. The third kappa shape index (κ3) is 2.67. The molecule has 0 aliphatic carbocycles. The minimum Gasteiger partial charge on any atom is -0.383 e. The summed E-state index contributed by atoms with van der Waals surface area (Å²) in [6.07, 6.45) is -1.39. The van der Waals surface area contributed by atoms with Crippen molar-refractivity contribution in [1.29, 1.82) is 0 Å². The van der Waals surface area contributed by atoms with Gasteiger partial charge in [0.25, 0.3) is 0 Å². The standard InChI is InChI=1S/C15H12ClF3O/c1-7-3-9(11(16)5-12(7)17)15(20)10-4-8(2)13(18)6-14(10)19/h3-6,15,20H,1-2H3. The minimum atomic E-state index is -1.39. The van der Waals surface area contributed by atoms with E-state index < -0.39 is 23.6 Å². The lowest BCUT2D eigenvalue weighted by Gasteiger charge is -2.16. The Labute approximate surface area is 119 Å². The Morgan fingerprint density at radius 2 is 1.35 bits per heavy atom. The van der Waals surface area contributed by atoms with E-state index in [1.807, 2.05) is 0 Å².